The Morgan fingerprint density at radius 1 is 0.852 bits per heavy atom. The van der Waals surface area contributed by atoms with E-state index in [9.17, 15) is 4.79 Å². The third-order valence-corrected chi connectivity index (χ3v) is 4.34. The average Bonchev–Trinajstić information content (AvgIpc) is 2.74. The lowest BCUT2D eigenvalue weighted by Crippen LogP contribution is -2.36. The Labute approximate surface area is 160 Å². The molecule has 0 aliphatic rings. The van der Waals surface area contributed by atoms with Crippen molar-refractivity contribution in [3.8, 4) is 5.75 Å². The molecule has 4 nitrogen and oxygen atoms in total. The van der Waals surface area contributed by atoms with E-state index < -0.39 is 0 Å². The van der Waals surface area contributed by atoms with E-state index in [2.05, 4.69) is 10.6 Å². The normalized spacial score (nSPS) is 10.6. The maximum absolute atomic E-state index is 12.5. The number of ether oxygens (including phenoxy) is 1. The highest BCUT2D eigenvalue weighted by atomic mass is 16.5. The molecule has 27 heavy (non-hydrogen) atoms. The van der Waals surface area contributed by atoms with Gasteiger partial charge in [0.25, 0.3) is 0 Å². The van der Waals surface area contributed by atoms with Gasteiger partial charge in [0, 0.05) is 6.54 Å². The molecule has 1 amide bonds. The van der Waals surface area contributed by atoms with Crippen molar-refractivity contribution < 1.29 is 9.53 Å². The molecule has 0 radical (unpaired) electrons. The second-order valence-electron chi connectivity index (χ2n) is 6.27. The summed E-state index contributed by atoms with van der Waals surface area (Å²) in [6.07, 6.45) is 0. The number of carbonyl (C=O) groups excluding carboxylic acids is 1. The van der Waals surface area contributed by atoms with Crippen LogP contribution < -0.4 is 15.4 Å². The van der Waals surface area contributed by atoms with Crippen LogP contribution in [0.4, 0.5) is 0 Å². The number of amides is 1. The largest absolute Gasteiger partial charge is 0.497 e. The van der Waals surface area contributed by atoms with Crippen LogP contribution in [0.1, 0.15) is 22.7 Å². The van der Waals surface area contributed by atoms with Crippen molar-refractivity contribution in [1.82, 2.24) is 10.6 Å². The van der Waals surface area contributed by atoms with E-state index in [0.717, 1.165) is 22.4 Å². The van der Waals surface area contributed by atoms with Gasteiger partial charge in [-0.15, -0.1) is 0 Å². The molecule has 3 aromatic carbocycles. The second kappa shape index (κ2) is 9.55. The van der Waals surface area contributed by atoms with Gasteiger partial charge in [-0.1, -0.05) is 72.8 Å². The van der Waals surface area contributed by atoms with E-state index in [4.69, 9.17) is 4.74 Å². The molecule has 0 saturated carbocycles. The summed E-state index contributed by atoms with van der Waals surface area (Å²) in [5.74, 6) is 0.784. The lowest BCUT2D eigenvalue weighted by atomic mass is 9.99. The van der Waals surface area contributed by atoms with Crippen LogP contribution in [0.5, 0.6) is 5.75 Å². The van der Waals surface area contributed by atoms with Crippen LogP contribution >= 0.6 is 0 Å². The lowest BCUT2D eigenvalue weighted by Gasteiger charge is -2.20. The Bertz CT molecular complexity index is 794. The number of benzene rings is 3. The van der Waals surface area contributed by atoms with Crippen LogP contribution in [0.3, 0.4) is 0 Å². The smallest absolute Gasteiger partial charge is 0.234 e. The van der Waals surface area contributed by atoms with Crippen LogP contribution in [0.2, 0.25) is 0 Å². The van der Waals surface area contributed by atoms with Crippen molar-refractivity contribution in [2.45, 2.75) is 12.6 Å². The predicted molar refractivity (Wildman–Crippen MR) is 108 cm³/mol. The first-order chi connectivity index (χ1) is 13.3. The van der Waals surface area contributed by atoms with Crippen molar-refractivity contribution in [3.63, 3.8) is 0 Å². The van der Waals surface area contributed by atoms with Crippen LogP contribution in [0.15, 0.2) is 84.9 Å². The highest BCUT2D eigenvalue weighted by Gasteiger charge is 2.16. The summed E-state index contributed by atoms with van der Waals surface area (Å²) >= 11 is 0. The zero-order valence-corrected chi connectivity index (χ0v) is 15.4. The van der Waals surface area contributed by atoms with Crippen molar-refractivity contribution in [3.05, 3.63) is 102 Å². The summed E-state index contributed by atoms with van der Waals surface area (Å²) in [6, 6.07) is 27.7. The van der Waals surface area contributed by atoms with Gasteiger partial charge in [0.05, 0.1) is 19.7 Å². The lowest BCUT2D eigenvalue weighted by molar-refractivity contribution is -0.120. The summed E-state index contributed by atoms with van der Waals surface area (Å²) in [5, 5.41) is 6.33. The summed E-state index contributed by atoms with van der Waals surface area (Å²) in [4.78, 5) is 12.5. The Kier molecular flexibility index (Phi) is 6.61. The van der Waals surface area contributed by atoms with Gasteiger partial charge < -0.3 is 15.4 Å². The first kappa shape index (κ1) is 18.7. The van der Waals surface area contributed by atoms with Crippen molar-refractivity contribution in [2.75, 3.05) is 13.7 Å². The van der Waals surface area contributed by atoms with Gasteiger partial charge in [-0.2, -0.15) is 0 Å². The van der Waals surface area contributed by atoms with Crippen molar-refractivity contribution in [1.29, 1.82) is 0 Å². The fourth-order valence-electron chi connectivity index (χ4n) is 2.93. The minimum Gasteiger partial charge on any atom is -0.497 e. The Balaban J connectivity index is 1.59. The quantitative estimate of drug-likeness (QED) is 0.644. The molecule has 0 heterocycles. The third kappa shape index (κ3) is 5.43. The molecule has 0 spiro atoms. The maximum atomic E-state index is 12.5. The van der Waals surface area contributed by atoms with E-state index in [1.807, 2.05) is 84.9 Å². The van der Waals surface area contributed by atoms with Gasteiger partial charge >= 0.3 is 0 Å². The van der Waals surface area contributed by atoms with Crippen LogP contribution in [0.25, 0.3) is 0 Å². The number of rotatable bonds is 8. The number of hydrogen-bond acceptors (Lipinski definition) is 3. The van der Waals surface area contributed by atoms with Crippen LogP contribution in [0, 0.1) is 0 Å². The summed E-state index contributed by atoms with van der Waals surface area (Å²) in [7, 11) is 1.65. The standard InChI is InChI=1S/C23H24N2O2/c1-27-21-14-12-18(13-15-21)16-24-17-22(26)25-23(19-8-4-2-5-9-19)20-10-6-3-7-11-20/h2-15,23-24H,16-17H2,1H3,(H,25,26). The molecule has 0 unspecified atom stereocenters. The first-order valence-corrected chi connectivity index (χ1v) is 8.99. The number of hydrogen-bond donors (Lipinski definition) is 2. The third-order valence-electron chi connectivity index (χ3n) is 4.34. The molecule has 0 aromatic heterocycles. The van der Waals surface area contributed by atoms with E-state index in [1.54, 1.807) is 7.11 Å². The fourth-order valence-corrected chi connectivity index (χ4v) is 2.93. The molecule has 0 saturated heterocycles. The van der Waals surface area contributed by atoms with Gasteiger partial charge in [-0.25, -0.2) is 0 Å². The zero-order chi connectivity index (χ0) is 18.9. The Morgan fingerprint density at radius 3 is 1.93 bits per heavy atom. The average molecular weight is 360 g/mol. The SMILES string of the molecule is COc1ccc(CNCC(=O)NC(c2ccccc2)c2ccccc2)cc1. The number of carbonyl (C=O) groups is 1. The molecular weight excluding hydrogens is 336 g/mol. The Hall–Kier alpha value is -3.11. The van der Waals surface area contributed by atoms with Gasteiger partial charge in [0.15, 0.2) is 0 Å². The Morgan fingerprint density at radius 2 is 1.41 bits per heavy atom. The first-order valence-electron chi connectivity index (χ1n) is 8.99. The van der Waals surface area contributed by atoms with E-state index >= 15 is 0 Å². The highest BCUT2D eigenvalue weighted by Crippen LogP contribution is 2.21. The van der Waals surface area contributed by atoms with Gasteiger partial charge in [0.1, 0.15) is 5.75 Å². The van der Waals surface area contributed by atoms with Gasteiger partial charge in [-0.3, -0.25) is 4.79 Å². The predicted octanol–water partition coefficient (Wildman–Crippen LogP) is 3.69. The number of nitrogens with one attached hydrogen (secondary N) is 2. The molecule has 3 aromatic rings. The van der Waals surface area contributed by atoms with Gasteiger partial charge in [-0.05, 0) is 28.8 Å². The highest BCUT2D eigenvalue weighted by molar-refractivity contribution is 5.79. The second-order valence-corrected chi connectivity index (χ2v) is 6.27. The molecule has 3 rings (SSSR count). The van der Waals surface area contributed by atoms with Crippen molar-refractivity contribution >= 4 is 5.91 Å². The van der Waals surface area contributed by atoms with E-state index in [-0.39, 0.29) is 18.5 Å². The monoisotopic (exact) mass is 360 g/mol. The molecular formula is C23H24N2O2. The molecule has 4 heteroatoms. The molecule has 0 aliphatic carbocycles. The molecule has 0 bridgehead atoms. The van der Waals surface area contributed by atoms with E-state index in [1.165, 1.54) is 0 Å². The molecule has 0 atom stereocenters. The summed E-state index contributed by atoms with van der Waals surface area (Å²) in [5.41, 5.74) is 3.23. The summed E-state index contributed by atoms with van der Waals surface area (Å²) in [6.45, 7) is 0.876. The number of methoxy groups -OCH3 is 1. The summed E-state index contributed by atoms with van der Waals surface area (Å²) < 4.78 is 5.16. The minimum absolute atomic E-state index is 0.0405. The van der Waals surface area contributed by atoms with E-state index in [0.29, 0.717) is 6.54 Å². The zero-order valence-electron chi connectivity index (χ0n) is 15.4. The molecule has 0 fully saturated rings. The molecule has 138 valence electrons. The topological polar surface area (TPSA) is 50.4 Å². The molecule has 0 aliphatic heterocycles. The molecule has 2 N–H and O–H groups in total. The fraction of sp³-hybridized carbons (Fsp3) is 0.174. The van der Waals surface area contributed by atoms with Crippen molar-refractivity contribution in [2.24, 2.45) is 0 Å². The maximum Gasteiger partial charge on any atom is 0.234 e. The van der Waals surface area contributed by atoms with Crippen LogP contribution in [-0.2, 0) is 11.3 Å². The van der Waals surface area contributed by atoms with Gasteiger partial charge in [0.2, 0.25) is 5.91 Å². The minimum atomic E-state index is -0.164. The van der Waals surface area contributed by atoms with Crippen LogP contribution in [-0.4, -0.2) is 19.6 Å².